The van der Waals surface area contributed by atoms with Gasteiger partial charge in [0.05, 0.1) is 0 Å². The third-order valence-electron chi connectivity index (χ3n) is 3.08. The van der Waals surface area contributed by atoms with E-state index in [1.165, 1.54) is 38.3 Å². The first kappa shape index (κ1) is 17.4. The van der Waals surface area contributed by atoms with Gasteiger partial charge < -0.3 is 21.9 Å². The SMILES string of the molecule is CCN1CCN(Cc2[c-]cccc2)CC1.[Br-].[Mg+2]. The average Bonchev–Trinajstić information content (AvgIpc) is 2.31. The molecule has 1 heterocycles. The van der Waals surface area contributed by atoms with Crippen LogP contribution in [-0.4, -0.2) is 65.6 Å². The number of likely N-dealkylation sites (N-methyl/N-ethyl adjacent to an activating group) is 1. The first-order valence-electron chi connectivity index (χ1n) is 5.79. The van der Waals surface area contributed by atoms with Gasteiger partial charge in [-0.3, -0.25) is 4.90 Å². The molecule has 0 radical (unpaired) electrons. The molecule has 0 bridgehead atoms. The second-order valence-corrected chi connectivity index (χ2v) is 4.10. The Hall–Kier alpha value is 0.386. The molecular formula is C13H19BrMgN2. The summed E-state index contributed by atoms with van der Waals surface area (Å²) in [6.07, 6.45) is 0. The summed E-state index contributed by atoms with van der Waals surface area (Å²) in [5.74, 6) is 0. The molecule has 90 valence electrons. The minimum Gasteiger partial charge on any atom is -1.00 e. The second-order valence-electron chi connectivity index (χ2n) is 4.10. The van der Waals surface area contributed by atoms with Gasteiger partial charge in [-0.25, -0.2) is 0 Å². The molecule has 1 saturated heterocycles. The molecule has 2 nitrogen and oxygen atoms in total. The summed E-state index contributed by atoms with van der Waals surface area (Å²) in [6, 6.07) is 11.6. The van der Waals surface area contributed by atoms with Gasteiger partial charge in [0.25, 0.3) is 0 Å². The van der Waals surface area contributed by atoms with Crippen molar-refractivity contribution in [3.05, 3.63) is 35.9 Å². The van der Waals surface area contributed by atoms with Crippen LogP contribution in [0.3, 0.4) is 0 Å². The number of piperazine rings is 1. The van der Waals surface area contributed by atoms with Crippen LogP contribution in [0, 0.1) is 6.07 Å². The van der Waals surface area contributed by atoms with E-state index in [4.69, 9.17) is 0 Å². The summed E-state index contributed by atoms with van der Waals surface area (Å²) in [5, 5.41) is 0. The van der Waals surface area contributed by atoms with Gasteiger partial charge in [-0.05, 0) is 6.54 Å². The average molecular weight is 308 g/mol. The standard InChI is InChI=1S/C13H19N2.BrH.Mg/c1-2-14-8-10-15(11-9-14)12-13-6-4-3-5-7-13;;/h3-6H,2,8-12H2,1H3;1H;/q-1;;+2/p-1. The van der Waals surface area contributed by atoms with E-state index in [9.17, 15) is 0 Å². The summed E-state index contributed by atoms with van der Waals surface area (Å²) in [4.78, 5) is 5.02. The molecule has 0 saturated carbocycles. The Morgan fingerprint density at radius 1 is 1.12 bits per heavy atom. The number of nitrogens with zero attached hydrogens (tertiary/aromatic N) is 2. The van der Waals surface area contributed by atoms with Gasteiger partial charge in [0.1, 0.15) is 0 Å². The Labute approximate surface area is 131 Å². The third-order valence-corrected chi connectivity index (χ3v) is 3.08. The fraction of sp³-hybridized carbons (Fsp3) is 0.538. The molecule has 1 aliphatic rings. The van der Waals surface area contributed by atoms with Crippen LogP contribution in [-0.2, 0) is 6.54 Å². The molecule has 2 rings (SSSR count). The largest absolute Gasteiger partial charge is 2.00 e. The van der Waals surface area contributed by atoms with E-state index in [1.807, 2.05) is 12.1 Å². The molecule has 0 spiro atoms. The number of hydrogen-bond acceptors (Lipinski definition) is 2. The Kier molecular flexibility index (Phi) is 9.55. The molecule has 1 aromatic carbocycles. The predicted octanol–water partition coefficient (Wildman–Crippen LogP) is -1.75. The van der Waals surface area contributed by atoms with Gasteiger partial charge >= 0.3 is 23.1 Å². The van der Waals surface area contributed by atoms with Crippen molar-refractivity contribution >= 4 is 23.1 Å². The van der Waals surface area contributed by atoms with Gasteiger partial charge in [-0.15, -0.1) is 5.56 Å². The summed E-state index contributed by atoms with van der Waals surface area (Å²) >= 11 is 0. The van der Waals surface area contributed by atoms with Crippen LogP contribution >= 0.6 is 0 Å². The number of rotatable bonds is 3. The maximum Gasteiger partial charge on any atom is 2.00 e. The Morgan fingerprint density at radius 2 is 1.76 bits per heavy atom. The van der Waals surface area contributed by atoms with Gasteiger partial charge in [0.2, 0.25) is 0 Å². The van der Waals surface area contributed by atoms with Crippen molar-refractivity contribution in [3.8, 4) is 0 Å². The van der Waals surface area contributed by atoms with Crippen molar-refractivity contribution in [2.24, 2.45) is 0 Å². The molecule has 4 heteroatoms. The van der Waals surface area contributed by atoms with E-state index >= 15 is 0 Å². The van der Waals surface area contributed by atoms with E-state index in [-0.39, 0.29) is 40.0 Å². The van der Waals surface area contributed by atoms with E-state index < -0.39 is 0 Å². The van der Waals surface area contributed by atoms with Crippen LogP contribution in [0.4, 0.5) is 0 Å². The minimum atomic E-state index is 0. The maximum absolute atomic E-state index is 3.29. The van der Waals surface area contributed by atoms with Gasteiger partial charge in [-0.1, -0.05) is 6.92 Å². The molecule has 0 aliphatic carbocycles. The Balaban J connectivity index is 0.00000128. The number of benzene rings is 1. The normalized spacial score (nSPS) is 17.0. The molecule has 0 aromatic heterocycles. The first-order chi connectivity index (χ1) is 7.38. The van der Waals surface area contributed by atoms with Gasteiger partial charge in [-0.2, -0.15) is 30.3 Å². The van der Waals surface area contributed by atoms with Crippen LogP contribution in [0.1, 0.15) is 12.5 Å². The van der Waals surface area contributed by atoms with Crippen molar-refractivity contribution in [1.82, 2.24) is 9.80 Å². The quantitative estimate of drug-likeness (QED) is 0.483. The third kappa shape index (κ3) is 5.70. The Bertz CT molecular complexity index is 287. The molecule has 0 N–H and O–H groups in total. The van der Waals surface area contributed by atoms with Gasteiger partial charge in [0.15, 0.2) is 0 Å². The monoisotopic (exact) mass is 306 g/mol. The Morgan fingerprint density at radius 3 is 2.29 bits per heavy atom. The minimum absolute atomic E-state index is 0. The topological polar surface area (TPSA) is 6.48 Å². The zero-order valence-electron chi connectivity index (χ0n) is 10.5. The smallest absolute Gasteiger partial charge is 1.00 e. The number of halogens is 1. The van der Waals surface area contributed by atoms with Crippen molar-refractivity contribution in [1.29, 1.82) is 0 Å². The van der Waals surface area contributed by atoms with E-state index in [1.54, 1.807) is 0 Å². The van der Waals surface area contributed by atoms with Gasteiger partial charge in [0, 0.05) is 32.7 Å². The van der Waals surface area contributed by atoms with Crippen molar-refractivity contribution in [2.45, 2.75) is 13.5 Å². The summed E-state index contributed by atoms with van der Waals surface area (Å²) in [7, 11) is 0. The first-order valence-corrected chi connectivity index (χ1v) is 5.79. The molecule has 0 unspecified atom stereocenters. The zero-order chi connectivity index (χ0) is 10.5. The molecule has 1 aliphatic heterocycles. The van der Waals surface area contributed by atoms with Crippen LogP contribution in [0.2, 0.25) is 0 Å². The molecule has 1 fully saturated rings. The van der Waals surface area contributed by atoms with E-state index in [0.29, 0.717) is 0 Å². The van der Waals surface area contributed by atoms with Crippen LogP contribution in [0.25, 0.3) is 0 Å². The molecule has 17 heavy (non-hydrogen) atoms. The van der Waals surface area contributed by atoms with Crippen LogP contribution < -0.4 is 17.0 Å². The molecule has 0 atom stereocenters. The molecule has 1 aromatic rings. The molecule has 0 amide bonds. The maximum atomic E-state index is 3.29. The predicted molar refractivity (Wildman–Crippen MR) is 68.4 cm³/mol. The van der Waals surface area contributed by atoms with Crippen molar-refractivity contribution in [2.75, 3.05) is 32.7 Å². The number of hydrogen-bond donors (Lipinski definition) is 0. The summed E-state index contributed by atoms with van der Waals surface area (Å²) in [6.45, 7) is 9.28. The van der Waals surface area contributed by atoms with Crippen LogP contribution in [0.5, 0.6) is 0 Å². The molecular weight excluding hydrogens is 288 g/mol. The van der Waals surface area contributed by atoms with E-state index in [2.05, 4.69) is 34.9 Å². The summed E-state index contributed by atoms with van der Waals surface area (Å²) < 4.78 is 0. The fourth-order valence-corrected chi connectivity index (χ4v) is 2.03. The summed E-state index contributed by atoms with van der Waals surface area (Å²) in [5.41, 5.74) is 1.31. The van der Waals surface area contributed by atoms with Crippen molar-refractivity contribution in [3.63, 3.8) is 0 Å². The van der Waals surface area contributed by atoms with Crippen molar-refractivity contribution < 1.29 is 17.0 Å². The second kappa shape index (κ2) is 9.33. The fourth-order valence-electron chi connectivity index (χ4n) is 2.03. The zero-order valence-corrected chi connectivity index (χ0v) is 13.5. The van der Waals surface area contributed by atoms with Crippen LogP contribution in [0.15, 0.2) is 24.3 Å². The van der Waals surface area contributed by atoms with E-state index in [0.717, 1.165) is 6.54 Å².